The predicted molar refractivity (Wildman–Crippen MR) is 82.0 cm³/mol. The first-order valence-electron chi connectivity index (χ1n) is 6.38. The molecule has 102 valence electrons. The summed E-state index contributed by atoms with van der Waals surface area (Å²) in [7, 11) is 0. The standard InChI is InChI=1S/C15H18Cl2N2/c1-11(2)18-9-12-5-4-8-19(12)10-13-14(16)6-3-7-15(13)17/h3-8,11,18H,9-10H2,1-2H3. The maximum Gasteiger partial charge on any atom is 0.0503 e. The van der Waals surface area contributed by atoms with Crippen molar-refractivity contribution in [2.45, 2.75) is 33.0 Å². The van der Waals surface area contributed by atoms with Crippen LogP contribution in [0, 0.1) is 0 Å². The lowest BCUT2D eigenvalue weighted by Crippen LogP contribution is -2.23. The summed E-state index contributed by atoms with van der Waals surface area (Å²) in [6, 6.07) is 10.2. The minimum absolute atomic E-state index is 0.465. The molecule has 0 atom stereocenters. The van der Waals surface area contributed by atoms with Crippen molar-refractivity contribution in [3.05, 3.63) is 57.8 Å². The molecular weight excluding hydrogens is 279 g/mol. The molecule has 19 heavy (non-hydrogen) atoms. The summed E-state index contributed by atoms with van der Waals surface area (Å²) in [6.07, 6.45) is 2.05. The minimum atomic E-state index is 0.465. The quantitative estimate of drug-likeness (QED) is 0.868. The summed E-state index contributed by atoms with van der Waals surface area (Å²) in [6.45, 7) is 5.81. The maximum atomic E-state index is 6.21. The Morgan fingerprint density at radius 3 is 2.42 bits per heavy atom. The van der Waals surface area contributed by atoms with E-state index in [9.17, 15) is 0 Å². The van der Waals surface area contributed by atoms with E-state index in [1.54, 1.807) is 0 Å². The lowest BCUT2D eigenvalue weighted by atomic mass is 10.2. The summed E-state index contributed by atoms with van der Waals surface area (Å²) in [5.41, 5.74) is 2.19. The van der Waals surface area contributed by atoms with Gasteiger partial charge in [0.05, 0.1) is 6.54 Å². The Labute approximate surface area is 124 Å². The van der Waals surface area contributed by atoms with E-state index in [0.717, 1.165) is 12.1 Å². The lowest BCUT2D eigenvalue weighted by molar-refractivity contribution is 0.564. The van der Waals surface area contributed by atoms with Gasteiger partial charge in [-0.25, -0.2) is 0 Å². The van der Waals surface area contributed by atoms with E-state index in [1.807, 2.05) is 24.3 Å². The highest BCUT2D eigenvalue weighted by Crippen LogP contribution is 2.25. The van der Waals surface area contributed by atoms with Gasteiger partial charge in [0.2, 0.25) is 0 Å². The molecule has 0 radical (unpaired) electrons. The fraction of sp³-hybridized carbons (Fsp3) is 0.333. The second-order valence-corrected chi connectivity index (χ2v) is 5.68. The van der Waals surface area contributed by atoms with Gasteiger partial charge in [0, 0.05) is 40.1 Å². The molecule has 1 aromatic carbocycles. The van der Waals surface area contributed by atoms with Crippen molar-refractivity contribution in [2.75, 3.05) is 0 Å². The van der Waals surface area contributed by atoms with E-state index < -0.39 is 0 Å². The molecule has 0 aliphatic carbocycles. The van der Waals surface area contributed by atoms with Gasteiger partial charge >= 0.3 is 0 Å². The zero-order valence-electron chi connectivity index (χ0n) is 11.2. The largest absolute Gasteiger partial charge is 0.346 e. The second kappa shape index (κ2) is 6.47. The van der Waals surface area contributed by atoms with E-state index in [2.05, 4.69) is 36.0 Å². The van der Waals surface area contributed by atoms with Crippen LogP contribution < -0.4 is 5.32 Å². The summed E-state index contributed by atoms with van der Waals surface area (Å²) in [5, 5.41) is 4.84. The SMILES string of the molecule is CC(C)NCc1cccn1Cc1c(Cl)cccc1Cl. The van der Waals surface area contributed by atoms with Crippen LogP contribution in [0.5, 0.6) is 0 Å². The van der Waals surface area contributed by atoms with Crippen molar-refractivity contribution in [2.24, 2.45) is 0 Å². The third-order valence-electron chi connectivity index (χ3n) is 3.01. The highest BCUT2D eigenvalue weighted by molar-refractivity contribution is 6.35. The Kier molecular flexibility index (Phi) is 4.92. The molecule has 2 rings (SSSR count). The van der Waals surface area contributed by atoms with Gasteiger partial charge in [0.15, 0.2) is 0 Å². The topological polar surface area (TPSA) is 17.0 Å². The highest BCUT2D eigenvalue weighted by Gasteiger charge is 2.08. The zero-order chi connectivity index (χ0) is 13.8. The van der Waals surface area contributed by atoms with Crippen LogP contribution in [-0.2, 0) is 13.1 Å². The summed E-state index contributed by atoms with van der Waals surface area (Å²) in [4.78, 5) is 0. The van der Waals surface area contributed by atoms with E-state index in [1.165, 1.54) is 5.69 Å². The Morgan fingerprint density at radius 1 is 1.11 bits per heavy atom. The van der Waals surface area contributed by atoms with Crippen molar-refractivity contribution in [1.29, 1.82) is 0 Å². The molecule has 1 aromatic heterocycles. The van der Waals surface area contributed by atoms with Crippen molar-refractivity contribution in [3.63, 3.8) is 0 Å². The normalized spacial score (nSPS) is 11.2. The molecule has 0 spiro atoms. The first-order valence-corrected chi connectivity index (χ1v) is 7.14. The summed E-state index contributed by atoms with van der Waals surface area (Å²) in [5.74, 6) is 0. The van der Waals surface area contributed by atoms with E-state index in [-0.39, 0.29) is 0 Å². The smallest absolute Gasteiger partial charge is 0.0503 e. The first-order chi connectivity index (χ1) is 9.08. The Balaban J connectivity index is 2.17. The minimum Gasteiger partial charge on any atom is -0.346 e. The molecule has 2 nitrogen and oxygen atoms in total. The highest BCUT2D eigenvalue weighted by atomic mass is 35.5. The van der Waals surface area contributed by atoms with Gasteiger partial charge in [0.1, 0.15) is 0 Å². The molecule has 0 amide bonds. The zero-order valence-corrected chi connectivity index (χ0v) is 12.7. The van der Waals surface area contributed by atoms with Crippen molar-refractivity contribution < 1.29 is 0 Å². The van der Waals surface area contributed by atoms with Gasteiger partial charge in [-0.15, -0.1) is 0 Å². The third kappa shape index (κ3) is 3.75. The fourth-order valence-electron chi connectivity index (χ4n) is 1.93. The van der Waals surface area contributed by atoms with Crippen LogP contribution >= 0.6 is 23.2 Å². The van der Waals surface area contributed by atoms with Crippen LogP contribution in [0.3, 0.4) is 0 Å². The molecule has 4 heteroatoms. The number of hydrogen-bond acceptors (Lipinski definition) is 1. The van der Waals surface area contributed by atoms with Crippen molar-refractivity contribution in [1.82, 2.24) is 9.88 Å². The van der Waals surface area contributed by atoms with Gasteiger partial charge in [-0.1, -0.05) is 43.1 Å². The number of hydrogen-bond donors (Lipinski definition) is 1. The molecule has 0 saturated carbocycles. The van der Waals surface area contributed by atoms with Crippen LogP contribution in [0.2, 0.25) is 10.0 Å². The van der Waals surface area contributed by atoms with Gasteiger partial charge in [0.25, 0.3) is 0 Å². The predicted octanol–water partition coefficient (Wildman–Crippen LogP) is 4.34. The maximum absolute atomic E-state index is 6.21. The van der Waals surface area contributed by atoms with Crippen molar-refractivity contribution >= 4 is 23.2 Å². The average molecular weight is 297 g/mol. The van der Waals surface area contributed by atoms with E-state index in [0.29, 0.717) is 22.6 Å². The number of halogens is 2. The molecule has 0 bridgehead atoms. The molecule has 0 fully saturated rings. The van der Waals surface area contributed by atoms with Gasteiger partial charge in [-0.05, 0) is 24.3 Å². The van der Waals surface area contributed by atoms with Crippen LogP contribution in [0.15, 0.2) is 36.5 Å². The van der Waals surface area contributed by atoms with Gasteiger partial charge < -0.3 is 9.88 Å². The number of aromatic nitrogens is 1. The molecule has 0 unspecified atom stereocenters. The fourth-order valence-corrected chi connectivity index (χ4v) is 2.44. The number of benzene rings is 1. The Bertz CT molecular complexity index is 527. The summed E-state index contributed by atoms with van der Waals surface area (Å²) >= 11 is 12.4. The Hall–Kier alpha value is -0.960. The molecule has 0 aliphatic rings. The molecule has 0 saturated heterocycles. The first kappa shape index (κ1) is 14.4. The van der Waals surface area contributed by atoms with Crippen LogP contribution in [0.4, 0.5) is 0 Å². The van der Waals surface area contributed by atoms with E-state index in [4.69, 9.17) is 23.2 Å². The molecule has 1 N–H and O–H groups in total. The summed E-state index contributed by atoms with van der Waals surface area (Å²) < 4.78 is 2.17. The molecule has 1 heterocycles. The van der Waals surface area contributed by atoms with Gasteiger partial charge in [-0.3, -0.25) is 0 Å². The van der Waals surface area contributed by atoms with Gasteiger partial charge in [-0.2, -0.15) is 0 Å². The molecular formula is C15H18Cl2N2. The monoisotopic (exact) mass is 296 g/mol. The molecule has 2 aromatic rings. The van der Waals surface area contributed by atoms with Crippen LogP contribution in [-0.4, -0.2) is 10.6 Å². The van der Waals surface area contributed by atoms with Crippen molar-refractivity contribution in [3.8, 4) is 0 Å². The van der Waals surface area contributed by atoms with Crippen LogP contribution in [0.1, 0.15) is 25.1 Å². The van der Waals surface area contributed by atoms with Crippen LogP contribution in [0.25, 0.3) is 0 Å². The van der Waals surface area contributed by atoms with E-state index >= 15 is 0 Å². The molecule has 0 aliphatic heterocycles. The average Bonchev–Trinajstić information content (AvgIpc) is 2.79. The Morgan fingerprint density at radius 2 is 1.79 bits per heavy atom. The third-order valence-corrected chi connectivity index (χ3v) is 3.71. The number of rotatable bonds is 5. The number of nitrogens with one attached hydrogen (secondary N) is 1. The lowest BCUT2D eigenvalue weighted by Gasteiger charge is -2.14. The number of nitrogens with zero attached hydrogens (tertiary/aromatic N) is 1. The second-order valence-electron chi connectivity index (χ2n) is 4.86.